The molecule has 0 saturated carbocycles. The third-order valence-corrected chi connectivity index (χ3v) is 5.35. The van der Waals surface area contributed by atoms with Gasteiger partial charge in [0.05, 0.1) is 33.6 Å². The Morgan fingerprint density at radius 2 is 1.76 bits per heavy atom. The molecule has 3 rings (SSSR count). The monoisotopic (exact) mass is 468 g/mol. The zero-order valence-corrected chi connectivity index (χ0v) is 19.8. The Balaban J connectivity index is 2.22. The van der Waals surface area contributed by atoms with Gasteiger partial charge < -0.3 is 19.5 Å². The molecule has 1 amide bonds. The van der Waals surface area contributed by atoms with E-state index in [0.29, 0.717) is 34.9 Å². The number of hydrogen-bond acceptors (Lipinski definition) is 7. The van der Waals surface area contributed by atoms with Gasteiger partial charge in [0.15, 0.2) is 11.5 Å². The molecule has 0 radical (unpaired) electrons. The van der Waals surface area contributed by atoms with Gasteiger partial charge >= 0.3 is 5.69 Å². The second kappa shape index (κ2) is 10.7. The van der Waals surface area contributed by atoms with Crippen molar-refractivity contribution >= 4 is 5.91 Å². The van der Waals surface area contributed by atoms with Crippen LogP contribution in [0.25, 0.3) is 5.69 Å². The SMILES string of the molecule is CCC(C)NC(=O)c1nn(-c2ccc(OC)c(OC)c2)c(=O)n(Cc2cccc(OC)c2)c1=O. The highest BCUT2D eigenvalue weighted by molar-refractivity contribution is 5.91. The average molecular weight is 469 g/mol. The van der Waals surface area contributed by atoms with Crippen molar-refractivity contribution in [2.24, 2.45) is 0 Å². The number of aromatic nitrogens is 3. The quantitative estimate of drug-likeness (QED) is 0.511. The molecule has 0 saturated heterocycles. The number of hydrogen-bond donors (Lipinski definition) is 1. The molecular weight excluding hydrogens is 440 g/mol. The Labute approximate surface area is 196 Å². The summed E-state index contributed by atoms with van der Waals surface area (Å²) in [6.07, 6.45) is 0.666. The standard InChI is InChI=1S/C24H28N4O6/c1-6-15(2)25-22(29)21-23(30)27(14-16-8-7-9-18(12-16)32-3)24(31)28(26-21)17-10-11-19(33-4)20(13-17)34-5/h7-13,15H,6,14H2,1-5H3,(H,25,29). The van der Waals surface area contributed by atoms with Crippen LogP contribution < -0.4 is 30.8 Å². The van der Waals surface area contributed by atoms with Crippen molar-refractivity contribution in [1.82, 2.24) is 19.7 Å². The Morgan fingerprint density at radius 1 is 1.03 bits per heavy atom. The van der Waals surface area contributed by atoms with Gasteiger partial charge in [0.2, 0.25) is 5.69 Å². The van der Waals surface area contributed by atoms with Crippen LogP contribution in [-0.4, -0.2) is 47.6 Å². The second-order valence-electron chi connectivity index (χ2n) is 7.61. The smallest absolute Gasteiger partial charge is 0.352 e. The van der Waals surface area contributed by atoms with Gasteiger partial charge in [0.1, 0.15) is 5.75 Å². The van der Waals surface area contributed by atoms with Gasteiger partial charge in [-0.3, -0.25) is 14.2 Å². The van der Waals surface area contributed by atoms with Crippen LogP contribution in [0.3, 0.4) is 0 Å². The van der Waals surface area contributed by atoms with Crippen molar-refractivity contribution in [3.63, 3.8) is 0 Å². The van der Waals surface area contributed by atoms with E-state index in [-0.39, 0.29) is 12.6 Å². The highest BCUT2D eigenvalue weighted by atomic mass is 16.5. The summed E-state index contributed by atoms with van der Waals surface area (Å²) in [5, 5.41) is 6.87. The molecule has 1 N–H and O–H groups in total. The molecular formula is C24H28N4O6. The molecule has 0 spiro atoms. The molecule has 34 heavy (non-hydrogen) atoms. The number of carbonyl (C=O) groups is 1. The first-order chi connectivity index (χ1) is 16.3. The molecule has 2 aromatic carbocycles. The van der Waals surface area contributed by atoms with E-state index >= 15 is 0 Å². The highest BCUT2D eigenvalue weighted by Crippen LogP contribution is 2.28. The maximum atomic E-state index is 13.4. The predicted octanol–water partition coefficient (Wildman–Crippen LogP) is 2.00. The molecule has 0 aliphatic carbocycles. The molecule has 1 heterocycles. The van der Waals surface area contributed by atoms with Crippen molar-refractivity contribution in [2.45, 2.75) is 32.9 Å². The number of ether oxygens (including phenoxy) is 3. The maximum absolute atomic E-state index is 13.4. The largest absolute Gasteiger partial charge is 0.497 e. The van der Waals surface area contributed by atoms with Crippen LogP contribution in [-0.2, 0) is 6.54 Å². The Morgan fingerprint density at radius 3 is 2.41 bits per heavy atom. The third-order valence-electron chi connectivity index (χ3n) is 5.35. The fourth-order valence-electron chi connectivity index (χ4n) is 3.27. The van der Waals surface area contributed by atoms with Crippen LogP contribution in [0.1, 0.15) is 36.3 Å². The summed E-state index contributed by atoms with van der Waals surface area (Å²) >= 11 is 0. The second-order valence-corrected chi connectivity index (χ2v) is 7.61. The molecule has 0 aliphatic heterocycles. The van der Waals surface area contributed by atoms with Crippen molar-refractivity contribution in [3.8, 4) is 22.9 Å². The van der Waals surface area contributed by atoms with Crippen LogP contribution in [0, 0.1) is 0 Å². The zero-order chi connectivity index (χ0) is 24.8. The summed E-state index contributed by atoms with van der Waals surface area (Å²) in [5.41, 5.74) is -0.931. The normalized spacial score (nSPS) is 11.6. The Hall–Kier alpha value is -4.08. The van der Waals surface area contributed by atoms with E-state index in [1.165, 1.54) is 21.3 Å². The van der Waals surface area contributed by atoms with Crippen LogP contribution in [0.2, 0.25) is 0 Å². The molecule has 0 fully saturated rings. The van der Waals surface area contributed by atoms with Gasteiger partial charge in [-0.05, 0) is 43.2 Å². The van der Waals surface area contributed by atoms with Gasteiger partial charge in [-0.2, -0.15) is 9.78 Å². The van der Waals surface area contributed by atoms with Crippen molar-refractivity contribution < 1.29 is 19.0 Å². The summed E-state index contributed by atoms with van der Waals surface area (Å²) in [5.74, 6) is 0.742. The van der Waals surface area contributed by atoms with Gasteiger partial charge in [0, 0.05) is 12.1 Å². The van der Waals surface area contributed by atoms with Gasteiger partial charge in [-0.1, -0.05) is 19.1 Å². The average Bonchev–Trinajstić information content (AvgIpc) is 2.86. The maximum Gasteiger partial charge on any atom is 0.352 e. The first kappa shape index (κ1) is 24.6. The van der Waals surface area contributed by atoms with E-state index in [0.717, 1.165) is 9.25 Å². The molecule has 10 heteroatoms. The first-order valence-corrected chi connectivity index (χ1v) is 10.7. The zero-order valence-electron chi connectivity index (χ0n) is 19.8. The summed E-state index contributed by atoms with van der Waals surface area (Å²) < 4.78 is 17.8. The minimum Gasteiger partial charge on any atom is -0.497 e. The van der Waals surface area contributed by atoms with Crippen molar-refractivity contribution in [1.29, 1.82) is 0 Å². The lowest BCUT2D eigenvalue weighted by Gasteiger charge is -2.15. The Bertz CT molecular complexity index is 1300. The molecule has 0 bridgehead atoms. The first-order valence-electron chi connectivity index (χ1n) is 10.7. The van der Waals surface area contributed by atoms with Crippen LogP contribution in [0.4, 0.5) is 0 Å². The lowest BCUT2D eigenvalue weighted by Crippen LogP contribution is -2.47. The van der Waals surface area contributed by atoms with Crippen LogP contribution >= 0.6 is 0 Å². The fraction of sp³-hybridized carbons (Fsp3) is 0.333. The van der Waals surface area contributed by atoms with E-state index in [1.54, 1.807) is 42.5 Å². The van der Waals surface area contributed by atoms with E-state index < -0.39 is 22.9 Å². The molecule has 1 unspecified atom stereocenters. The van der Waals surface area contributed by atoms with Gasteiger partial charge in [-0.15, -0.1) is 0 Å². The number of carbonyl (C=O) groups excluding carboxylic acids is 1. The third kappa shape index (κ3) is 5.11. The van der Waals surface area contributed by atoms with E-state index in [4.69, 9.17) is 14.2 Å². The number of amides is 1. The summed E-state index contributed by atoms with van der Waals surface area (Å²) in [4.78, 5) is 39.5. The Kier molecular flexibility index (Phi) is 7.72. The molecule has 1 aromatic heterocycles. The molecule has 0 aliphatic rings. The number of nitrogens with zero attached hydrogens (tertiary/aromatic N) is 3. The number of rotatable bonds is 9. The number of methoxy groups -OCH3 is 3. The van der Waals surface area contributed by atoms with Crippen LogP contribution in [0.15, 0.2) is 52.1 Å². The minimum atomic E-state index is -0.787. The summed E-state index contributed by atoms with van der Waals surface area (Å²) in [7, 11) is 4.49. The summed E-state index contributed by atoms with van der Waals surface area (Å²) in [6.45, 7) is 3.65. The number of benzene rings is 2. The predicted molar refractivity (Wildman–Crippen MR) is 127 cm³/mol. The fourth-order valence-corrected chi connectivity index (χ4v) is 3.27. The van der Waals surface area contributed by atoms with Gasteiger partial charge in [0.25, 0.3) is 11.5 Å². The lowest BCUT2D eigenvalue weighted by atomic mass is 10.2. The molecule has 3 aromatic rings. The van der Waals surface area contributed by atoms with E-state index in [1.807, 2.05) is 13.8 Å². The summed E-state index contributed by atoms with van der Waals surface area (Å²) in [6, 6.07) is 11.5. The van der Waals surface area contributed by atoms with E-state index in [9.17, 15) is 14.4 Å². The minimum absolute atomic E-state index is 0.0751. The molecule has 180 valence electrons. The van der Waals surface area contributed by atoms with Crippen LogP contribution in [0.5, 0.6) is 17.2 Å². The highest BCUT2D eigenvalue weighted by Gasteiger charge is 2.22. The van der Waals surface area contributed by atoms with Crippen molar-refractivity contribution in [3.05, 3.63) is 74.6 Å². The number of nitrogens with one attached hydrogen (secondary N) is 1. The topological polar surface area (TPSA) is 114 Å². The lowest BCUT2D eigenvalue weighted by molar-refractivity contribution is 0.0929. The molecule has 1 atom stereocenters. The van der Waals surface area contributed by atoms with E-state index in [2.05, 4.69) is 10.4 Å². The molecule has 10 nitrogen and oxygen atoms in total. The van der Waals surface area contributed by atoms with Crippen molar-refractivity contribution in [2.75, 3.05) is 21.3 Å². The van der Waals surface area contributed by atoms with Gasteiger partial charge in [-0.25, -0.2) is 4.79 Å².